The van der Waals surface area contributed by atoms with E-state index in [1.165, 1.54) is 0 Å². The Hall–Kier alpha value is -0.565. The predicted octanol–water partition coefficient (Wildman–Crippen LogP) is 3.03. The molecule has 0 saturated heterocycles. The summed E-state index contributed by atoms with van der Waals surface area (Å²) >= 11 is 17.1. The third kappa shape index (κ3) is 9.06. The van der Waals surface area contributed by atoms with Gasteiger partial charge in [-0.2, -0.15) is 0 Å². The molecule has 9 heteroatoms. The molecule has 6 N–H and O–H groups in total. The van der Waals surface area contributed by atoms with Crippen LogP contribution >= 0.6 is 35.4 Å². The van der Waals surface area contributed by atoms with Crippen LogP contribution in [0.5, 0.6) is 0 Å². The van der Waals surface area contributed by atoms with E-state index in [9.17, 15) is 0 Å². The van der Waals surface area contributed by atoms with Gasteiger partial charge in [0, 0.05) is 17.8 Å². The molecule has 0 amide bonds. The van der Waals surface area contributed by atoms with E-state index in [1.807, 2.05) is 6.92 Å². The summed E-state index contributed by atoms with van der Waals surface area (Å²) in [6.07, 6.45) is 3.55. The van der Waals surface area contributed by atoms with E-state index in [4.69, 9.17) is 51.2 Å². The molecule has 0 heterocycles. The highest BCUT2D eigenvalue weighted by Gasteiger charge is 2.18. The quantitative estimate of drug-likeness (QED) is 0.252. The van der Waals surface area contributed by atoms with Gasteiger partial charge in [-0.25, -0.2) is 0 Å². The monoisotopic (exact) mass is 391 g/mol. The number of nitrogens with one attached hydrogen (secondary N) is 2. The van der Waals surface area contributed by atoms with Crippen molar-refractivity contribution in [3.8, 4) is 0 Å². The Morgan fingerprint density at radius 2 is 1.96 bits per heavy atom. The number of rotatable bonds is 9. The summed E-state index contributed by atoms with van der Waals surface area (Å²) in [5, 5.41) is 25.2. The fourth-order valence-electron chi connectivity index (χ4n) is 2.19. The summed E-state index contributed by atoms with van der Waals surface area (Å²) in [6.45, 7) is 2.63. The van der Waals surface area contributed by atoms with Crippen molar-refractivity contribution in [3.63, 3.8) is 0 Å². The molecule has 1 aromatic rings. The van der Waals surface area contributed by atoms with Crippen LogP contribution in [0.2, 0.25) is 16.4 Å². The molecule has 0 fully saturated rings. The molecule has 0 aliphatic carbocycles. The lowest BCUT2D eigenvalue weighted by Crippen LogP contribution is -2.41. The average Bonchev–Trinajstić information content (AvgIpc) is 2.47. The maximum atomic E-state index is 8.82. The van der Waals surface area contributed by atoms with E-state index in [-0.39, 0.29) is 5.54 Å². The minimum Gasteiger partial charge on any atom is -0.427 e. The topological polar surface area (TPSA) is 90.5 Å². The van der Waals surface area contributed by atoms with E-state index in [0.29, 0.717) is 28.0 Å². The minimum absolute atomic E-state index is 0.327. The third-order valence-corrected chi connectivity index (χ3v) is 4.60. The molecule has 1 aromatic carbocycles. The van der Waals surface area contributed by atoms with Gasteiger partial charge in [-0.05, 0) is 56.5 Å². The zero-order valence-corrected chi connectivity index (χ0v) is 16.0. The molecule has 0 saturated carbocycles. The number of thiocarbonyl (C=S) groups is 1. The molecule has 0 spiro atoms. The van der Waals surface area contributed by atoms with Crippen molar-refractivity contribution < 1.29 is 10.0 Å². The number of benzene rings is 1. The van der Waals surface area contributed by atoms with E-state index in [1.54, 1.807) is 18.2 Å². The molecule has 1 atom stereocenters. The average molecular weight is 392 g/mol. The van der Waals surface area contributed by atoms with Crippen molar-refractivity contribution >= 4 is 53.3 Å². The van der Waals surface area contributed by atoms with Crippen molar-refractivity contribution in [2.75, 3.05) is 11.9 Å². The molecule has 5 nitrogen and oxygen atoms in total. The van der Waals surface area contributed by atoms with Gasteiger partial charge in [0.05, 0.1) is 10.0 Å². The normalized spacial score (nSPS) is 13.2. The van der Waals surface area contributed by atoms with E-state index >= 15 is 0 Å². The smallest absolute Gasteiger partial charge is 0.427 e. The van der Waals surface area contributed by atoms with Gasteiger partial charge in [0.1, 0.15) is 0 Å². The molecule has 134 valence electrons. The molecule has 24 heavy (non-hydrogen) atoms. The van der Waals surface area contributed by atoms with Gasteiger partial charge in [-0.15, -0.1) is 0 Å². The van der Waals surface area contributed by atoms with Crippen LogP contribution in [0.4, 0.5) is 5.69 Å². The number of anilines is 1. The van der Waals surface area contributed by atoms with Crippen molar-refractivity contribution in [2.45, 2.75) is 44.5 Å². The summed E-state index contributed by atoms with van der Waals surface area (Å²) in [5.41, 5.74) is 6.69. The van der Waals surface area contributed by atoms with Crippen molar-refractivity contribution in [3.05, 3.63) is 28.2 Å². The number of hydrogen-bond donors (Lipinski definition) is 5. The van der Waals surface area contributed by atoms with Crippen LogP contribution in [0.25, 0.3) is 0 Å². The number of halogens is 2. The Labute approximate surface area is 159 Å². The first-order valence-corrected chi connectivity index (χ1v) is 9.01. The minimum atomic E-state index is -1.24. The molecule has 0 bridgehead atoms. The maximum Gasteiger partial charge on any atom is 0.451 e. The number of unbranched alkanes of at least 4 members (excludes halogenated alkanes) is 1. The van der Waals surface area contributed by atoms with E-state index in [2.05, 4.69) is 10.6 Å². The van der Waals surface area contributed by atoms with Crippen LogP contribution in [0.3, 0.4) is 0 Å². The molecule has 0 aliphatic rings. The molecular weight excluding hydrogens is 368 g/mol. The van der Waals surface area contributed by atoms with E-state index < -0.39 is 7.12 Å². The lowest BCUT2D eigenvalue weighted by atomic mass is 9.82. The van der Waals surface area contributed by atoms with Gasteiger partial charge < -0.3 is 26.4 Å². The van der Waals surface area contributed by atoms with Gasteiger partial charge in [-0.1, -0.05) is 36.0 Å². The summed E-state index contributed by atoms with van der Waals surface area (Å²) in [5.74, 6) is 0. The van der Waals surface area contributed by atoms with Gasteiger partial charge in [0.2, 0.25) is 0 Å². The highest BCUT2D eigenvalue weighted by atomic mass is 35.5. The highest BCUT2D eigenvalue weighted by Crippen LogP contribution is 2.25. The first kappa shape index (κ1) is 21.5. The molecule has 0 radical (unpaired) electrons. The second-order valence-corrected chi connectivity index (χ2v) is 7.36. The summed E-state index contributed by atoms with van der Waals surface area (Å²) in [6, 6.07) is 5.21. The lowest BCUT2D eigenvalue weighted by Gasteiger charge is -2.25. The fraction of sp³-hybridized carbons (Fsp3) is 0.533. The summed E-state index contributed by atoms with van der Waals surface area (Å²) in [4.78, 5) is 0. The van der Waals surface area contributed by atoms with Crippen molar-refractivity contribution in [2.24, 2.45) is 5.73 Å². The molecule has 0 aliphatic heterocycles. The Balaban J connectivity index is 2.27. The molecule has 1 unspecified atom stereocenters. The van der Waals surface area contributed by atoms with Crippen LogP contribution in [0.15, 0.2) is 18.2 Å². The number of nitrogens with two attached hydrogens (primary N) is 1. The second kappa shape index (κ2) is 10.4. The van der Waals surface area contributed by atoms with Crippen LogP contribution in [-0.2, 0) is 0 Å². The van der Waals surface area contributed by atoms with Crippen molar-refractivity contribution in [1.82, 2.24) is 5.32 Å². The zero-order chi connectivity index (χ0) is 18.2. The first-order valence-electron chi connectivity index (χ1n) is 7.84. The van der Waals surface area contributed by atoms with Crippen LogP contribution in [-0.4, -0.2) is 34.4 Å². The van der Waals surface area contributed by atoms with Crippen molar-refractivity contribution in [1.29, 1.82) is 0 Å². The predicted molar refractivity (Wildman–Crippen MR) is 107 cm³/mol. The largest absolute Gasteiger partial charge is 0.451 e. The first-order chi connectivity index (χ1) is 11.2. The number of hydrogen-bond acceptors (Lipinski definition) is 4. The summed E-state index contributed by atoms with van der Waals surface area (Å²) in [7, 11) is -1.24. The molecule has 1 rings (SSSR count). The van der Waals surface area contributed by atoms with Gasteiger partial charge in [0.25, 0.3) is 0 Å². The Morgan fingerprint density at radius 1 is 1.25 bits per heavy atom. The van der Waals surface area contributed by atoms with Crippen LogP contribution in [0, 0.1) is 0 Å². The Bertz CT molecular complexity index is 547. The van der Waals surface area contributed by atoms with Gasteiger partial charge in [0.15, 0.2) is 5.11 Å². The standard InChI is InChI=1S/C15H24BCl2N3O2S/c1-15(19,6-2-3-8-16(22)23)7-9-20-14(24)21-11-4-5-12(17)13(18)10-11/h4-5,10,22-23H,2-3,6-9,19H2,1H3,(H2,20,21,24). The van der Waals surface area contributed by atoms with E-state index in [0.717, 1.165) is 31.4 Å². The van der Waals surface area contributed by atoms with Crippen LogP contribution < -0.4 is 16.4 Å². The lowest BCUT2D eigenvalue weighted by molar-refractivity contribution is 0.375. The maximum absolute atomic E-state index is 8.82. The molecule has 0 aromatic heterocycles. The molecular formula is C15H24BCl2N3O2S. The SMILES string of the molecule is CC(N)(CCCCB(O)O)CCNC(=S)Nc1ccc(Cl)c(Cl)c1. The zero-order valence-electron chi connectivity index (χ0n) is 13.7. The second-order valence-electron chi connectivity index (χ2n) is 6.14. The van der Waals surface area contributed by atoms with Gasteiger partial charge >= 0.3 is 7.12 Å². The van der Waals surface area contributed by atoms with Crippen LogP contribution in [0.1, 0.15) is 32.6 Å². The Kier molecular flexibility index (Phi) is 9.34. The highest BCUT2D eigenvalue weighted by molar-refractivity contribution is 7.80. The van der Waals surface area contributed by atoms with Gasteiger partial charge in [-0.3, -0.25) is 0 Å². The third-order valence-electron chi connectivity index (χ3n) is 3.62. The summed E-state index contributed by atoms with van der Waals surface area (Å²) < 4.78 is 0. The Morgan fingerprint density at radius 3 is 2.58 bits per heavy atom. The fourth-order valence-corrected chi connectivity index (χ4v) is 2.71.